The maximum Gasteiger partial charge on any atom is 0.348 e. The Morgan fingerprint density at radius 3 is 2.50 bits per heavy atom. The monoisotopic (exact) mass is 260 g/mol. The molecule has 1 aliphatic carbocycles. The number of allylic oxidation sites excluding steroid dienone is 2. The maximum absolute atomic E-state index is 5.60. The highest BCUT2D eigenvalue weighted by molar-refractivity contribution is 6.31. The standard InChI is InChI=1S/C9H10Cl2N4O/c10-7-12-8(11)14-9(13-7)16-15-6-4-2-1-3-5-6/h4,15H,1-3,5H2. The second kappa shape index (κ2) is 5.32. The SMILES string of the molecule is Clc1nc(Cl)nc(ONC2=CCCCC2)n1. The molecule has 0 bridgehead atoms. The minimum absolute atomic E-state index is 0.00873. The quantitative estimate of drug-likeness (QED) is 0.847. The molecule has 0 aliphatic heterocycles. The summed E-state index contributed by atoms with van der Waals surface area (Å²) in [5.41, 5.74) is 3.81. The summed E-state index contributed by atoms with van der Waals surface area (Å²) in [4.78, 5) is 16.3. The third kappa shape index (κ3) is 3.21. The van der Waals surface area contributed by atoms with Gasteiger partial charge >= 0.3 is 6.01 Å². The van der Waals surface area contributed by atoms with Crippen molar-refractivity contribution in [2.45, 2.75) is 25.7 Å². The molecule has 1 N–H and O–H groups in total. The van der Waals surface area contributed by atoms with Crippen LogP contribution in [-0.4, -0.2) is 15.0 Å². The zero-order valence-corrected chi connectivity index (χ0v) is 9.92. The highest BCUT2D eigenvalue weighted by atomic mass is 35.5. The molecule has 0 aromatic carbocycles. The molecule has 86 valence electrons. The number of halogens is 2. The van der Waals surface area contributed by atoms with Crippen molar-refractivity contribution in [2.24, 2.45) is 0 Å². The number of nitrogens with one attached hydrogen (secondary N) is 1. The largest absolute Gasteiger partial charge is 0.348 e. The van der Waals surface area contributed by atoms with Crippen molar-refractivity contribution in [3.8, 4) is 6.01 Å². The van der Waals surface area contributed by atoms with Crippen molar-refractivity contribution in [1.29, 1.82) is 0 Å². The Hall–Kier alpha value is -1.07. The summed E-state index contributed by atoms with van der Waals surface area (Å²) in [6.45, 7) is 0. The van der Waals surface area contributed by atoms with Crippen molar-refractivity contribution in [2.75, 3.05) is 0 Å². The van der Waals surface area contributed by atoms with Crippen LogP contribution in [0.25, 0.3) is 0 Å². The van der Waals surface area contributed by atoms with E-state index in [0.717, 1.165) is 25.0 Å². The first kappa shape index (κ1) is 11.4. The average Bonchev–Trinajstić information content (AvgIpc) is 2.27. The Bertz CT molecular complexity index is 390. The molecule has 2 rings (SSSR count). The summed E-state index contributed by atoms with van der Waals surface area (Å²) in [5.74, 6) is 0. The zero-order valence-electron chi connectivity index (χ0n) is 8.41. The Labute approximate surface area is 103 Å². The Morgan fingerprint density at radius 2 is 1.88 bits per heavy atom. The normalized spacial score (nSPS) is 15.5. The van der Waals surface area contributed by atoms with Gasteiger partial charge in [0.05, 0.1) is 0 Å². The molecule has 5 nitrogen and oxygen atoms in total. The van der Waals surface area contributed by atoms with Crippen molar-refractivity contribution in [3.63, 3.8) is 0 Å². The Kier molecular flexibility index (Phi) is 3.79. The fourth-order valence-corrected chi connectivity index (χ4v) is 1.74. The van der Waals surface area contributed by atoms with Crippen molar-refractivity contribution in [3.05, 3.63) is 22.3 Å². The molecule has 16 heavy (non-hydrogen) atoms. The minimum Gasteiger partial charge on any atom is -0.340 e. The molecular formula is C9H10Cl2N4O. The highest BCUT2D eigenvalue weighted by Crippen LogP contribution is 2.16. The number of hydrogen-bond acceptors (Lipinski definition) is 5. The van der Waals surface area contributed by atoms with Crippen molar-refractivity contribution >= 4 is 23.2 Å². The molecule has 0 spiro atoms. The molecule has 0 unspecified atom stereocenters. The highest BCUT2D eigenvalue weighted by Gasteiger charge is 2.07. The number of aromatic nitrogens is 3. The number of hydrogen-bond donors (Lipinski definition) is 1. The Morgan fingerprint density at radius 1 is 1.12 bits per heavy atom. The second-order valence-corrected chi connectivity index (χ2v) is 4.01. The predicted molar refractivity (Wildman–Crippen MR) is 60.2 cm³/mol. The fraction of sp³-hybridized carbons (Fsp3) is 0.444. The smallest absolute Gasteiger partial charge is 0.340 e. The van der Waals surface area contributed by atoms with Gasteiger partial charge in [0.25, 0.3) is 0 Å². The first-order valence-electron chi connectivity index (χ1n) is 4.93. The van der Waals surface area contributed by atoms with E-state index in [1.807, 2.05) is 0 Å². The van der Waals surface area contributed by atoms with Crippen LogP contribution in [0.1, 0.15) is 25.7 Å². The number of rotatable bonds is 3. The second-order valence-electron chi connectivity index (χ2n) is 3.34. The average molecular weight is 261 g/mol. The molecule has 1 heterocycles. The molecule has 0 saturated heterocycles. The molecule has 1 aromatic heterocycles. The van der Waals surface area contributed by atoms with Crippen LogP contribution in [0.2, 0.25) is 10.6 Å². The molecule has 0 atom stereocenters. The van der Waals surface area contributed by atoms with E-state index >= 15 is 0 Å². The zero-order chi connectivity index (χ0) is 11.4. The maximum atomic E-state index is 5.60. The molecular weight excluding hydrogens is 251 g/mol. The summed E-state index contributed by atoms with van der Waals surface area (Å²) < 4.78 is 0. The lowest BCUT2D eigenvalue weighted by molar-refractivity contribution is 0.201. The summed E-state index contributed by atoms with van der Waals surface area (Å²) in [7, 11) is 0. The van der Waals surface area contributed by atoms with Crippen LogP contribution in [0.4, 0.5) is 0 Å². The van der Waals surface area contributed by atoms with Gasteiger partial charge in [0.15, 0.2) is 0 Å². The first-order valence-corrected chi connectivity index (χ1v) is 5.68. The lowest BCUT2D eigenvalue weighted by Crippen LogP contribution is -2.20. The minimum atomic E-state index is 0.00873. The topological polar surface area (TPSA) is 59.9 Å². The van der Waals surface area contributed by atoms with Crippen molar-refractivity contribution in [1.82, 2.24) is 20.4 Å². The Balaban J connectivity index is 1.96. The summed E-state index contributed by atoms with van der Waals surface area (Å²) in [6, 6.07) is 0.0662. The van der Waals surface area contributed by atoms with Crippen LogP contribution in [0, 0.1) is 0 Å². The molecule has 0 fully saturated rings. The molecule has 0 amide bonds. The number of hydroxylamine groups is 1. The van der Waals surface area contributed by atoms with E-state index in [1.54, 1.807) is 0 Å². The van der Waals surface area contributed by atoms with E-state index in [-0.39, 0.29) is 16.6 Å². The van der Waals surface area contributed by atoms with Gasteiger partial charge in [0, 0.05) is 5.70 Å². The van der Waals surface area contributed by atoms with Gasteiger partial charge in [0.1, 0.15) is 0 Å². The molecule has 1 aliphatic rings. The van der Waals surface area contributed by atoms with E-state index in [4.69, 9.17) is 28.0 Å². The third-order valence-corrected chi connectivity index (χ3v) is 2.46. The van der Waals surface area contributed by atoms with Gasteiger partial charge in [-0.15, -0.1) is 0 Å². The summed E-state index contributed by atoms with van der Waals surface area (Å²) in [5, 5.41) is 0.0175. The molecule has 1 aromatic rings. The van der Waals surface area contributed by atoms with Gasteiger partial charge in [-0.1, -0.05) is 6.08 Å². The lowest BCUT2D eigenvalue weighted by Gasteiger charge is -2.13. The van der Waals surface area contributed by atoms with Crippen LogP contribution in [-0.2, 0) is 0 Å². The van der Waals surface area contributed by atoms with Gasteiger partial charge in [0.2, 0.25) is 10.6 Å². The van der Waals surface area contributed by atoms with Gasteiger partial charge in [-0.3, -0.25) is 0 Å². The summed E-state index contributed by atoms with van der Waals surface area (Å²) >= 11 is 11.2. The van der Waals surface area contributed by atoms with Crippen molar-refractivity contribution < 1.29 is 4.84 Å². The predicted octanol–water partition coefficient (Wildman–Crippen LogP) is 2.52. The van der Waals surface area contributed by atoms with Gasteiger partial charge in [-0.05, 0) is 48.9 Å². The van der Waals surface area contributed by atoms with E-state index in [2.05, 4.69) is 26.5 Å². The van der Waals surface area contributed by atoms with E-state index < -0.39 is 0 Å². The van der Waals surface area contributed by atoms with Crippen LogP contribution in [0.15, 0.2) is 11.8 Å². The van der Waals surface area contributed by atoms with Gasteiger partial charge in [-0.25, -0.2) is 5.48 Å². The number of nitrogens with zero attached hydrogens (tertiary/aromatic N) is 3. The molecule has 0 saturated carbocycles. The first-order chi connectivity index (χ1) is 7.74. The van der Waals surface area contributed by atoms with E-state index in [9.17, 15) is 0 Å². The third-order valence-electron chi connectivity index (χ3n) is 2.12. The lowest BCUT2D eigenvalue weighted by atomic mass is 10.1. The molecule has 0 radical (unpaired) electrons. The van der Waals surface area contributed by atoms with Crippen LogP contribution >= 0.6 is 23.2 Å². The summed E-state index contributed by atoms with van der Waals surface area (Å²) in [6.07, 6.45) is 6.49. The molecule has 7 heteroatoms. The van der Waals surface area contributed by atoms with Crippen LogP contribution < -0.4 is 10.3 Å². The fourth-order valence-electron chi connectivity index (χ4n) is 1.40. The van der Waals surface area contributed by atoms with Gasteiger partial charge in [-0.2, -0.15) is 15.0 Å². The van der Waals surface area contributed by atoms with Crippen LogP contribution in [0.5, 0.6) is 6.01 Å². The van der Waals surface area contributed by atoms with Gasteiger partial charge < -0.3 is 4.84 Å². The van der Waals surface area contributed by atoms with Crippen LogP contribution in [0.3, 0.4) is 0 Å². The van der Waals surface area contributed by atoms with E-state index in [1.165, 1.54) is 6.42 Å². The van der Waals surface area contributed by atoms with E-state index in [0.29, 0.717) is 0 Å².